The van der Waals surface area contributed by atoms with E-state index in [1.807, 2.05) is 0 Å². The van der Waals surface area contributed by atoms with Crippen molar-refractivity contribution in [2.45, 2.75) is 117 Å². The molecule has 0 aromatic heterocycles. The quantitative estimate of drug-likeness (QED) is 0.218. The molecule has 1 nitrogen and oxygen atoms in total. The lowest BCUT2D eigenvalue weighted by Crippen LogP contribution is -2.10. The van der Waals surface area contributed by atoms with Crippen molar-refractivity contribution in [1.29, 1.82) is 0 Å². The number of hydrogen-bond acceptors (Lipinski definition) is 1. The molecule has 1 saturated heterocycles. The minimum absolute atomic E-state index is 0.611. The van der Waals surface area contributed by atoms with E-state index in [2.05, 4.69) is 20.8 Å². The van der Waals surface area contributed by atoms with Crippen LogP contribution in [0, 0.1) is 11.8 Å². The van der Waals surface area contributed by atoms with Gasteiger partial charge in [0.05, 0.1) is 12.7 Å². The summed E-state index contributed by atoms with van der Waals surface area (Å²) in [6.07, 6.45) is 20.8. The smallest absolute Gasteiger partial charge is 0.0812 e. The average Bonchev–Trinajstić information content (AvgIpc) is 3.32. The zero-order valence-electron chi connectivity index (χ0n) is 15.7. The minimum Gasteiger partial charge on any atom is -0.373 e. The van der Waals surface area contributed by atoms with E-state index < -0.39 is 0 Å². The highest BCUT2D eigenvalue weighted by atomic mass is 16.6. The number of epoxide rings is 1. The molecule has 0 aromatic rings. The van der Waals surface area contributed by atoms with Crippen LogP contribution in [0.15, 0.2) is 0 Å². The maximum atomic E-state index is 5.35. The van der Waals surface area contributed by atoms with Crippen LogP contribution in [0.4, 0.5) is 0 Å². The molecule has 3 unspecified atom stereocenters. The maximum Gasteiger partial charge on any atom is 0.0812 e. The van der Waals surface area contributed by atoms with Gasteiger partial charge in [-0.3, -0.25) is 0 Å². The van der Waals surface area contributed by atoms with Gasteiger partial charge in [0.25, 0.3) is 0 Å². The van der Waals surface area contributed by atoms with Gasteiger partial charge in [0, 0.05) is 0 Å². The highest BCUT2D eigenvalue weighted by Crippen LogP contribution is 2.27. The molecule has 1 heterocycles. The summed E-state index contributed by atoms with van der Waals surface area (Å²) in [5.41, 5.74) is 0. The van der Waals surface area contributed by atoms with Gasteiger partial charge in [0.1, 0.15) is 0 Å². The van der Waals surface area contributed by atoms with E-state index in [0.717, 1.165) is 18.4 Å². The van der Waals surface area contributed by atoms with Crippen molar-refractivity contribution in [3.05, 3.63) is 0 Å². The fourth-order valence-electron chi connectivity index (χ4n) is 3.44. The lowest BCUT2D eigenvalue weighted by Gasteiger charge is -2.18. The Kier molecular flexibility index (Phi) is 12.2. The van der Waals surface area contributed by atoms with E-state index in [-0.39, 0.29) is 0 Å². The van der Waals surface area contributed by atoms with Crippen molar-refractivity contribution >= 4 is 0 Å². The molecule has 1 fully saturated rings. The van der Waals surface area contributed by atoms with E-state index >= 15 is 0 Å². The van der Waals surface area contributed by atoms with Gasteiger partial charge in [-0.25, -0.2) is 0 Å². The highest BCUT2D eigenvalue weighted by Gasteiger charge is 2.26. The Morgan fingerprint density at radius 2 is 1.18 bits per heavy atom. The zero-order chi connectivity index (χ0) is 16.0. The first-order chi connectivity index (χ1) is 10.7. The summed E-state index contributed by atoms with van der Waals surface area (Å²) in [5, 5.41) is 0. The molecule has 1 heteroatoms. The lowest BCUT2D eigenvalue weighted by atomic mass is 9.87. The van der Waals surface area contributed by atoms with Crippen LogP contribution in [0.3, 0.4) is 0 Å². The zero-order valence-corrected chi connectivity index (χ0v) is 15.7. The fourth-order valence-corrected chi connectivity index (χ4v) is 3.44. The molecular weight excluding hydrogens is 268 g/mol. The summed E-state index contributed by atoms with van der Waals surface area (Å²) in [4.78, 5) is 0. The molecule has 1 aliphatic rings. The summed E-state index contributed by atoms with van der Waals surface area (Å²) in [6, 6.07) is 0. The van der Waals surface area contributed by atoms with Gasteiger partial charge < -0.3 is 4.74 Å². The third-order valence-corrected chi connectivity index (χ3v) is 5.52. The minimum atomic E-state index is 0.611. The monoisotopic (exact) mass is 310 g/mol. The van der Waals surface area contributed by atoms with Crippen LogP contribution in [0.5, 0.6) is 0 Å². The molecular formula is C21H42O. The van der Waals surface area contributed by atoms with Crippen molar-refractivity contribution in [2.24, 2.45) is 11.8 Å². The predicted octanol–water partition coefficient (Wildman–Crippen LogP) is 7.14. The molecule has 22 heavy (non-hydrogen) atoms. The summed E-state index contributed by atoms with van der Waals surface area (Å²) >= 11 is 0. The normalized spacial score (nSPS) is 20.0. The van der Waals surface area contributed by atoms with Crippen LogP contribution in [0.2, 0.25) is 0 Å². The van der Waals surface area contributed by atoms with Crippen molar-refractivity contribution in [2.75, 3.05) is 6.61 Å². The molecule has 0 saturated carbocycles. The molecule has 0 spiro atoms. The Bertz CT molecular complexity index is 234. The van der Waals surface area contributed by atoms with E-state index in [0.29, 0.717) is 6.10 Å². The summed E-state index contributed by atoms with van der Waals surface area (Å²) in [5.74, 6) is 1.73. The Hall–Kier alpha value is -0.0400. The number of rotatable bonds is 16. The molecule has 0 N–H and O–H groups in total. The van der Waals surface area contributed by atoms with E-state index in [4.69, 9.17) is 4.74 Å². The highest BCUT2D eigenvalue weighted by molar-refractivity contribution is 4.74. The maximum absolute atomic E-state index is 5.35. The van der Waals surface area contributed by atoms with Crippen LogP contribution >= 0.6 is 0 Å². The van der Waals surface area contributed by atoms with Gasteiger partial charge in [0.2, 0.25) is 0 Å². The molecule has 0 amide bonds. The van der Waals surface area contributed by atoms with E-state index in [1.165, 1.54) is 89.9 Å². The number of ether oxygens (including phenoxy) is 1. The predicted molar refractivity (Wildman–Crippen MR) is 98.4 cm³/mol. The fraction of sp³-hybridized carbons (Fsp3) is 1.00. The molecule has 0 aromatic carbocycles. The number of unbranched alkanes of at least 4 members (excludes halogenated alkanes) is 11. The van der Waals surface area contributed by atoms with Crippen molar-refractivity contribution < 1.29 is 4.74 Å². The first kappa shape index (κ1) is 20.0. The van der Waals surface area contributed by atoms with E-state index in [9.17, 15) is 0 Å². The largest absolute Gasteiger partial charge is 0.373 e. The van der Waals surface area contributed by atoms with E-state index in [1.54, 1.807) is 0 Å². The third-order valence-electron chi connectivity index (χ3n) is 5.52. The molecule has 3 atom stereocenters. The average molecular weight is 311 g/mol. The Morgan fingerprint density at radius 1 is 0.727 bits per heavy atom. The Labute approximate surface area is 140 Å². The van der Waals surface area contributed by atoms with Gasteiger partial charge in [-0.15, -0.1) is 0 Å². The lowest BCUT2D eigenvalue weighted by molar-refractivity contribution is 0.289. The third kappa shape index (κ3) is 11.5. The molecule has 0 aliphatic carbocycles. The van der Waals surface area contributed by atoms with Crippen LogP contribution in [-0.2, 0) is 4.74 Å². The second-order valence-corrected chi connectivity index (χ2v) is 7.82. The van der Waals surface area contributed by atoms with Crippen LogP contribution in [0.1, 0.15) is 111 Å². The first-order valence-electron chi connectivity index (χ1n) is 10.4. The number of hydrogen-bond donors (Lipinski definition) is 0. The standard InChI is InChI=1S/C21H42O/c1-4-5-6-7-8-9-10-11-12-13-14-15-16-19(2)20(3)17-21-18-22-21/h19-21H,4-18H2,1-3H3. The first-order valence-corrected chi connectivity index (χ1v) is 10.4. The van der Waals surface area contributed by atoms with Gasteiger partial charge >= 0.3 is 0 Å². The second kappa shape index (κ2) is 13.4. The van der Waals surface area contributed by atoms with Gasteiger partial charge in [-0.2, -0.15) is 0 Å². The Balaban J connectivity index is 1.75. The van der Waals surface area contributed by atoms with Gasteiger partial charge in [-0.1, -0.05) is 104 Å². The van der Waals surface area contributed by atoms with Crippen LogP contribution < -0.4 is 0 Å². The van der Waals surface area contributed by atoms with Crippen molar-refractivity contribution in [1.82, 2.24) is 0 Å². The van der Waals surface area contributed by atoms with Crippen molar-refractivity contribution in [3.8, 4) is 0 Å². The summed E-state index contributed by atoms with van der Waals surface area (Å²) < 4.78 is 5.35. The summed E-state index contributed by atoms with van der Waals surface area (Å²) in [6.45, 7) is 8.16. The van der Waals surface area contributed by atoms with Crippen LogP contribution in [0.25, 0.3) is 0 Å². The van der Waals surface area contributed by atoms with Gasteiger partial charge in [0.15, 0.2) is 0 Å². The Morgan fingerprint density at radius 3 is 1.64 bits per heavy atom. The second-order valence-electron chi connectivity index (χ2n) is 7.82. The van der Waals surface area contributed by atoms with Gasteiger partial charge in [-0.05, 0) is 18.3 Å². The SMILES string of the molecule is CCCCCCCCCCCCCCC(C)C(C)CC1CO1. The molecule has 132 valence electrons. The molecule has 1 aliphatic heterocycles. The molecule has 0 radical (unpaired) electrons. The summed E-state index contributed by atoms with van der Waals surface area (Å²) in [7, 11) is 0. The van der Waals surface area contributed by atoms with Crippen LogP contribution in [-0.4, -0.2) is 12.7 Å². The topological polar surface area (TPSA) is 12.5 Å². The van der Waals surface area contributed by atoms with Crippen molar-refractivity contribution in [3.63, 3.8) is 0 Å². The molecule has 1 rings (SSSR count). The molecule has 0 bridgehead atoms.